The van der Waals surface area contributed by atoms with Gasteiger partial charge in [-0.1, -0.05) is 30.3 Å². The van der Waals surface area contributed by atoms with Crippen molar-refractivity contribution in [1.82, 2.24) is 25.4 Å². The number of nitrogens with zero attached hydrogens (tertiary/aromatic N) is 3. The lowest BCUT2D eigenvalue weighted by Crippen LogP contribution is -2.30. The lowest BCUT2D eigenvalue weighted by Gasteiger charge is -2.12. The molecule has 3 N–H and O–H groups in total. The molecule has 8 heteroatoms. The van der Waals surface area contributed by atoms with E-state index in [1.807, 2.05) is 30.3 Å². The van der Waals surface area contributed by atoms with Crippen LogP contribution in [0.2, 0.25) is 0 Å². The minimum Gasteiger partial charge on any atom is -0.457 e. The first kappa shape index (κ1) is 15.6. The highest BCUT2D eigenvalue weighted by Gasteiger charge is 2.14. The summed E-state index contributed by atoms with van der Waals surface area (Å²) >= 11 is 0. The zero-order chi connectivity index (χ0) is 17.8. The highest BCUT2D eigenvalue weighted by molar-refractivity contribution is 5.98. The number of anilines is 1. The average molecular weight is 346 g/mol. The van der Waals surface area contributed by atoms with Crippen molar-refractivity contribution in [2.24, 2.45) is 0 Å². The number of fused-ring (bicyclic) bond motifs is 1. The van der Waals surface area contributed by atoms with E-state index < -0.39 is 0 Å². The number of hydrazine groups is 1. The lowest BCUT2D eigenvalue weighted by molar-refractivity contribution is 0.0960. The van der Waals surface area contributed by atoms with Gasteiger partial charge in [-0.05, 0) is 24.3 Å². The van der Waals surface area contributed by atoms with Gasteiger partial charge in [0.25, 0.3) is 5.91 Å². The summed E-state index contributed by atoms with van der Waals surface area (Å²) in [5.41, 5.74) is 6.89. The Morgan fingerprint density at radius 3 is 2.65 bits per heavy atom. The van der Waals surface area contributed by atoms with Gasteiger partial charge in [-0.2, -0.15) is 0 Å². The SMILES string of the molecule is O=C(NNc1ncnc2nc[nH]c12)c1ccccc1Oc1ccccc1. The van der Waals surface area contributed by atoms with Crippen LogP contribution < -0.4 is 15.6 Å². The number of para-hydroxylation sites is 2. The average Bonchev–Trinajstić information content (AvgIpc) is 3.17. The molecule has 0 saturated carbocycles. The molecule has 4 rings (SSSR count). The molecule has 0 saturated heterocycles. The predicted octanol–water partition coefficient (Wildman–Crippen LogP) is 2.90. The number of aromatic amines is 1. The first-order valence-electron chi connectivity index (χ1n) is 7.83. The lowest BCUT2D eigenvalue weighted by atomic mass is 10.2. The van der Waals surface area contributed by atoms with E-state index in [0.29, 0.717) is 34.0 Å². The third-order valence-electron chi connectivity index (χ3n) is 3.62. The molecule has 128 valence electrons. The Morgan fingerprint density at radius 1 is 0.962 bits per heavy atom. The summed E-state index contributed by atoms with van der Waals surface area (Å²) in [7, 11) is 0. The van der Waals surface area contributed by atoms with E-state index in [0.717, 1.165) is 0 Å². The Hall–Kier alpha value is -3.94. The number of hydrogen-bond donors (Lipinski definition) is 3. The Labute approximate surface area is 148 Å². The smallest absolute Gasteiger partial charge is 0.273 e. The van der Waals surface area contributed by atoms with Gasteiger partial charge in [0, 0.05) is 0 Å². The van der Waals surface area contributed by atoms with Crippen LogP contribution in [0.15, 0.2) is 67.3 Å². The standard InChI is InChI=1S/C18H14N6O2/c25-18(24-23-17-15-16(20-10-19-15)21-11-22-17)13-8-4-5-9-14(13)26-12-6-2-1-3-7-12/h1-11H,(H,24,25)(H2,19,20,21,22,23). The van der Waals surface area contributed by atoms with Crippen LogP contribution in [-0.4, -0.2) is 25.8 Å². The predicted molar refractivity (Wildman–Crippen MR) is 95.7 cm³/mol. The van der Waals surface area contributed by atoms with Crippen LogP contribution >= 0.6 is 0 Å². The summed E-state index contributed by atoms with van der Waals surface area (Å²) in [5.74, 6) is 1.16. The van der Waals surface area contributed by atoms with Gasteiger partial charge in [-0.15, -0.1) is 0 Å². The van der Waals surface area contributed by atoms with Gasteiger partial charge in [0.1, 0.15) is 23.3 Å². The third kappa shape index (κ3) is 3.16. The fourth-order valence-electron chi connectivity index (χ4n) is 2.40. The number of rotatable bonds is 5. The van der Waals surface area contributed by atoms with Crippen LogP contribution in [0, 0.1) is 0 Å². The van der Waals surface area contributed by atoms with Crippen molar-refractivity contribution in [3.63, 3.8) is 0 Å². The van der Waals surface area contributed by atoms with Crippen molar-refractivity contribution < 1.29 is 9.53 Å². The number of benzene rings is 2. The second-order valence-corrected chi connectivity index (χ2v) is 5.31. The highest BCUT2D eigenvalue weighted by atomic mass is 16.5. The Balaban J connectivity index is 1.52. The van der Waals surface area contributed by atoms with E-state index in [9.17, 15) is 4.79 Å². The van der Waals surface area contributed by atoms with Crippen LogP contribution in [0.1, 0.15) is 10.4 Å². The summed E-state index contributed by atoms with van der Waals surface area (Å²) in [4.78, 5) is 27.7. The quantitative estimate of drug-likeness (QED) is 0.480. The van der Waals surface area contributed by atoms with Crippen molar-refractivity contribution in [2.75, 3.05) is 5.43 Å². The molecular formula is C18H14N6O2. The molecule has 0 aliphatic heterocycles. The van der Waals surface area contributed by atoms with Gasteiger partial charge >= 0.3 is 0 Å². The minimum absolute atomic E-state index is 0.359. The molecule has 0 spiro atoms. The van der Waals surface area contributed by atoms with Crippen LogP contribution in [-0.2, 0) is 0 Å². The first-order chi connectivity index (χ1) is 12.8. The van der Waals surface area contributed by atoms with Crippen LogP contribution in [0.5, 0.6) is 11.5 Å². The molecule has 1 amide bonds. The molecule has 0 unspecified atom stereocenters. The normalized spacial score (nSPS) is 10.5. The number of carbonyl (C=O) groups is 1. The molecule has 0 aliphatic rings. The van der Waals surface area contributed by atoms with Gasteiger partial charge in [0.2, 0.25) is 0 Å². The molecule has 0 fully saturated rings. The van der Waals surface area contributed by atoms with Crippen LogP contribution in [0.4, 0.5) is 5.82 Å². The summed E-state index contributed by atoms with van der Waals surface area (Å²) in [5, 5.41) is 0. The van der Waals surface area contributed by atoms with Crippen LogP contribution in [0.25, 0.3) is 11.2 Å². The monoisotopic (exact) mass is 346 g/mol. The fraction of sp³-hybridized carbons (Fsp3) is 0. The van der Waals surface area contributed by atoms with Gasteiger partial charge in [-0.25, -0.2) is 15.0 Å². The zero-order valence-electron chi connectivity index (χ0n) is 13.5. The highest BCUT2D eigenvalue weighted by Crippen LogP contribution is 2.25. The second-order valence-electron chi connectivity index (χ2n) is 5.31. The van der Waals surface area contributed by atoms with Crippen molar-refractivity contribution in [1.29, 1.82) is 0 Å². The first-order valence-corrected chi connectivity index (χ1v) is 7.83. The molecule has 2 aromatic carbocycles. The molecule has 0 aliphatic carbocycles. The maximum Gasteiger partial charge on any atom is 0.273 e. The zero-order valence-corrected chi connectivity index (χ0v) is 13.5. The summed E-state index contributed by atoms with van der Waals surface area (Å²) in [6.45, 7) is 0. The van der Waals surface area contributed by atoms with Gasteiger partial charge in [0.15, 0.2) is 11.5 Å². The van der Waals surface area contributed by atoms with Crippen LogP contribution in [0.3, 0.4) is 0 Å². The third-order valence-corrected chi connectivity index (χ3v) is 3.62. The number of carbonyl (C=O) groups excluding carboxylic acids is 1. The molecule has 2 heterocycles. The van der Waals surface area contributed by atoms with Gasteiger partial charge in [-0.3, -0.25) is 15.6 Å². The molecule has 8 nitrogen and oxygen atoms in total. The number of H-pyrrole nitrogens is 1. The Morgan fingerprint density at radius 2 is 1.77 bits per heavy atom. The van der Waals surface area contributed by atoms with E-state index >= 15 is 0 Å². The summed E-state index contributed by atoms with van der Waals surface area (Å²) in [6.07, 6.45) is 2.87. The molecule has 4 aromatic rings. The van der Waals surface area contributed by atoms with E-state index in [1.165, 1.54) is 12.7 Å². The summed E-state index contributed by atoms with van der Waals surface area (Å²) < 4.78 is 5.81. The molecule has 0 bridgehead atoms. The number of aromatic nitrogens is 4. The maximum atomic E-state index is 12.6. The fourth-order valence-corrected chi connectivity index (χ4v) is 2.40. The van der Waals surface area contributed by atoms with E-state index in [4.69, 9.17) is 4.74 Å². The molecular weight excluding hydrogens is 332 g/mol. The molecule has 0 radical (unpaired) electrons. The van der Waals surface area contributed by atoms with Crippen molar-refractivity contribution in [3.8, 4) is 11.5 Å². The van der Waals surface area contributed by atoms with Crippen molar-refractivity contribution in [3.05, 3.63) is 72.8 Å². The minimum atomic E-state index is -0.359. The van der Waals surface area contributed by atoms with E-state index in [-0.39, 0.29) is 5.91 Å². The molecule has 2 aromatic heterocycles. The van der Waals surface area contributed by atoms with E-state index in [2.05, 4.69) is 30.8 Å². The Kier molecular flexibility index (Phi) is 4.13. The number of nitrogens with one attached hydrogen (secondary N) is 3. The second kappa shape index (κ2) is 6.89. The van der Waals surface area contributed by atoms with Crippen molar-refractivity contribution in [2.45, 2.75) is 0 Å². The number of hydrogen-bond acceptors (Lipinski definition) is 6. The number of amides is 1. The maximum absolute atomic E-state index is 12.6. The molecule has 0 atom stereocenters. The topological polar surface area (TPSA) is 105 Å². The van der Waals surface area contributed by atoms with E-state index in [1.54, 1.807) is 24.3 Å². The number of ether oxygens (including phenoxy) is 1. The van der Waals surface area contributed by atoms with Crippen molar-refractivity contribution >= 4 is 22.9 Å². The Bertz CT molecular complexity index is 1050. The number of imidazole rings is 1. The largest absolute Gasteiger partial charge is 0.457 e. The summed E-state index contributed by atoms with van der Waals surface area (Å²) in [6, 6.07) is 16.3. The van der Waals surface area contributed by atoms with Gasteiger partial charge < -0.3 is 9.72 Å². The van der Waals surface area contributed by atoms with Gasteiger partial charge in [0.05, 0.1) is 11.9 Å². The molecule has 26 heavy (non-hydrogen) atoms.